The fourth-order valence-corrected chi connectivity index (χ4v) is 3.03. The Balaban J connectivity index is 2.69. The van der Waals surface area contributed by atoms with Crippen molar-refractivity contribution in [2.75, 3.05) is 5.73 Å². The summed E-state index contributed by atoms with van der Waals surface area (Å²) in [6, 6.07) is 8.37. The van der Waals surface area contributed by atoms with Gasteiger partial charge in [-0.15, -0.1) is 11.3 Å². The molecule has 0 saturated heterocycles. The van der Waals surface area contributed by atoms with Crippen LogP contribution in [0.3, 0.4) is 0 Å². The number of nitrogens with two attached hydrogens (primary N) is 1. The smallest absolute Gasteiger partial charge is 0.397 e. The van der Waals surface area contributed by atoms with Gasteiger partial charge in [-0.1, -0.05) is 30.3 Å². The normalized spacial score (nSPS) is 11.8. The number of thiol groups is 1. The molecule has 0 saturated carbocycles. The lowest BCUT2D eigenvalue weighted by Crippen LogP contribution is -2.04. The van der Waals surface area contributed by atoms with E-state index in [4.69, 9.17) is 5.73 Å². The monoisotopic (exact) mass is 289 g/mol. The third-order valence-corrected chi connectivity index (χ3v) is 4.27. The molecule has 2 aromatic rings. The molecule has 18 heavy (non-hydrogen) atoms. The third-order valence-electron chi connectivity index (χ3n) is 2.49. The zero-order chi connectivity index (χ0) is 13.3. The van der Waals surface area contributed by atoms with Crippen LogP contribution in [0.4, 0.5) is 18.9 Å². The summed E-state index contributed by atoms with van der Waals surface area (Å²) < 4.78 is 39.0. The number of hydrogen-bond donors (Lipinski definition) is 2. The lowest BCUT2D eigenvalue weighted by Gasteiger charge is -2.08. The number of benzene rings is 1. The maximum absolute atomic E-state index is 13.0. The molecule has 1 heterocycles. The average molecular weight is 289 g/mol. The summed E-state index contributed by atoms with van der Waals surface area (Å²) in [5, 5.41) is 0. The highest BCUT2D eigenvalue weighted by atomic mass is 32.1. The second kappa shape index (κ2) is 4.85. The van der Waals surface area contributed by atoms with Crippen LogP contribution in [-0.2, 0) is 11.9 Å². The number of rotatable bonds is 2. The topological polar surface area (TPSA) is 26.0 Å². The summed E-state index contributed by atoms with van der Waals surface area (Å²) in [4.78, 5) is -0.209. The standard InChI is InChI=1S/C12H10F3NS2/c13-12(14,15)11-9(7-4-2-1-3-5-7)10(16)8(6-17)18-11/h1-5,17H,6,16H2. The van der Waals surface area contributed by atoms with Gasteiger partial charge in [0.25, 0.3) is 0 Å². The molecule has 0 aliphatic carbocycles. The number of nitrogen functional groups attached to an aromatic ring is 1. The first-order chi connectivity index (χ1) is 8.45. The van der Waals surface area contributed by atoms with E-state index in [-0.39, 0.29) is 17.0 Å². The molecule has 6 heteroatoms. The van der Waals surface area contributed by atoms with Crippen LogP contribution in [0, 0.1) is 0 Å². The molecule has 0 radical (unpaired) electrons. The zero-order valence-corrected chi connectivity index (χ0v) is 10.9. The predicted molar refractivity (Wildman–Crippen MR) is 71.9 cm³/mol. The van der Waals surface area contributed by atoms with Crippen LogP contribution in [0.1, 0.15) is 9.75 Å². The fraction of sp³-hybridized carbons (Fsp3) is 0.167. The number of alkyl halides is 3. The maximum Gasteiger partial charge on any atom is 0.426 e. The maximum atomic E-state index is 13.0. The first-order valence-electron chi connectivity index (χ1n) is 5.09. The zero-order valence-electron chi connectivity index (χ0n) is 9.16. The van der Waals surface area contributed by atoms with Gasteiger partial charge >= 0.3 is 6.18 Å². The molecule has 0 bridgehead atoms. The average Bonchev–Trinajstić information content (AvgIpc) is 2.67. The van der Waals surface area contributed by atoms with Crippen molar-refractivity contribution in [2.45, 2.75) is 11.9 Å². The minimum Gasteiger partial charge on any atom is -0.397 e. The van der Waals surface area contributed by atoms with E-state index in [0.29, 0.717) is 21.8 Å². The van der Waals surface area contributed by atoms with Crippen LogP contribution in [0.15, 0.2) is 30.3 Å². The van der Waals surface area contributed by atoms with Crippen LogP contribution in [-0.4, -0.2) is 0 Å². The van der Waals surface area contributed by atoms with E-state index in [1.54, 1.807) is 30.3 Å². The van der Waals surface area contributed by atoms with E-state index in [9.17, 15) is 13.2 Å². The van der Waals surface area contributed by atoms with Crippen molar-refractivity contribution >= 4 is 29.7 Å². The van der Waals surface area contributed by atoms with Gasteiger partial charge in [0.15, 0.2) is 0 Å². The van der Waals surface area contributed by atoms with Crippen molar-refractivity contribution in [1.29, 1.82) is 0 Å². The summed E-state index contributed by atoms with van der Waals surface area (Å²) >= 11 is 4.67. The van der Waals surface area contributed by atoms with Crippen LogP contribution in [0.5, 0.6) is 0 Å². The van der Waals surface area contributed by atoms with Gasteiger partial charge in [0.2, 0.25) is 0 Å². The minimum absolute atomic E-state index is 0.0668. The molecule has 2 rings (SSSR count). The van der Waals surface area contributed by atoms with E-state index in [0.717, 1.165) is 0 Å². The summed E-state index contributed by atoms with van der Waals surface area (Å²) in [6.07, 6.45) is -4.40. The van der Waals surface area contributed by atoms with Crippen LogP contribution in [0.25, 0.3) is 11.1 Å². The lowest BCUT2D eigenvalue weighted by molar-refractivity contribution is -0.133. The number of halogens is 3. The largest absolute Gasteiger partial charge is 0.426 e. The molecule has 1 aromatic heterocycles. The van der Waals surface area contributed by atoms with Gasteiger partial charge in [-0.3, -0.25) is 0 Å². The van der Waals surface area contributed by atoms with Gasteiger partial charge in [0.1, 0.15) is 4.88 Å². The Hall–Kier alpha value is -1.14. The number of hydrogen-bond acceptors (Lipinski definition) is 3. The van der Waals surface area contributed by atoms with Crippen LogP contribution < -0.4 is 5.73 Å². The molecular formula is C12H10F3NS2. The highest BCUT2D eigenvalue weighted by molar-refractivity contribution is 7.79. The molecular weight excluding hydrogens is 279 g/mol. The molecule has 96 valence electrons. The summed E-state index contributed by atoms with van der Waals surface area (Å²) in [7, 11) is 0. The molecule has 0 atom stereocenters. The van der Waals surface area contributed by atoms with Crippen LogP contribution >= 0.6 is 24.0 Å². The Kier molecular flexibility index (Phi) is 3.59. The number of anilines is 1. The van der Waals surface area contributed by atoms with Crippen molar-refractivity contribution in [1.82, 2.24) is 0 Å². The van der Waals surface area contributed by atoms with Crippen molar-refractivity contribution < 1.29 is 13.2 Å². The Morgan fingerprint density at radius 1 is 1.17 bits per heavy atom. The summed E-state index contributed by atoms with van der Waals surface area (Å²) in [5.74, 6) is 0.201. The van der Waals surface area contributed by atoms with Gasteiger partial charge < -0.3 is 5.73 Å². The van der Waals surface area contributed by atoms with Gasteiger partial charge in [-0.2, -0.15) is 25.8 Å². The highest BCUT2D eigenvalue weighted by Crippen LogP contribution is 2.47. The Morgan fingerprint density at radius 3 is 2.28 bits per heavy atom. The lowest BCUT2D eigenvalue weighted by atomic mass is 10.0. The molecule has 0 aliphatic heterocycles. The first kappa shape index (κ1) is 13.3. The second-order valence-electron chi connectivity index (χ2n) is 3.66. The molecule has 1 aromatic carbocycles. The molecule has 0 fully saturated rings. The summed E-state index contributed by atoms with van der Waals surface area (Å²) in [5.41, 5.74) is 6.52. The third kappa shape index (κ3) is 2.35. The van der Waals surface area contributed by atoms with E-state index in [1.165, 1.54) is 0 Å². The van der Waals surface area contributed by atoms with Gasteiger partial charge in [-0.05, 0) is 5.56 Å². The Morgan fingerprint density at radius 2 is 1.78 bits per heavy atom. The fourth-order valence-electron chi connectivity index (χ4n) is 1.70. The van der Waals surface area contributed by atoms with Gasteiger partial charge in [-0.25, -0.2) is 0 Å². The van der Waals surface area contributed by atoms with Gasteiger partial charge in [0, 0.05) is 16.2 Å². The second-order valence-corrected chi connectivity index (χ2v) is 5.09. The van der Waals surface area contributed by atoms with Crippen molar-refractivity contribution in [2.24, 2.45) is 0 Å². The molecule has 0 aliphatic rings. The van der Waals surface area contributed by atoms with Crippen molar-refractivity contribution in [3.63, 3.8) is 0 Å². The molecule has 0 amide bonds. The minimum atomic E-state index is -4.40. The van der Waals surface area contributed by atoms with Gasteiger partial charge in [0.05, 0.1) is 5.69 Å². The van der Waals surface area contributed by atoms with E-state index < -0.39 is 11.1 Å². The van der Waals surface area contributed by atoms with E-state index in [1.807, 2.05) is 0 Å². The molecule has 1 nitrogen and oxygen atoms in total. The van der Waals surface area contributed by atoms with Crippen molar-refractivity contribution in [3.05, 3.63) is 40.1 Å². The molecule has 0 spiro atoms. The Labute approximate surface area is 112 Å². The highest BCUT2D eigenvalue weighted by Gasteiger charge is 2.37. The van der Waals surface area contributed by atoms with E-state index >= 15 is 0 Å². The number of thiophene rings is 1. The predicted octanol–water partition coefficient (Wildman–Crippen LogP) is 4.45. The van der Waals surface area contributed by atoms with Crippen LogP contribution in [0.2, 0.25) is 0 Å². The first-order valence-corrected chi connectivity index (χ1v) is 6.54. The van der Waals surface area contributed by atoms with E-state index in [2.05, 4.69) is 12.6 Å². The SMILES string of the molecule is Nc1c(CS)sc(C(F)(F)F)c1-c1ccccc1. The quantitative estimate of drug-likeness (QED) is 0.785. The molecule has 2 N–H and O–H groups in total. The Bertz CT molecular complexity index is 546. The van der Waals surface area contributed by atoms with Crippen molar-refractivity contribution in [3.8, 4) is 11.1 Å². The summed E-state index contributed by atoms with van der Waals surface area (Å²) in [6.45, 7) is 0. The molecule has 0 unspecified atom stereocenters.